The minimum Gasteiger partial charge on any atom is -0.354 e. The summed E-state index contributed by atoms with van der Waals surface area (Å²) < 4.78 is 0. The average molecular weight is 588 g/mol. The van der Waals surface area contributed by atoms with Crippen LogP contribution in [0, 0.1) is 0 Å². The molecule has 0 aliphatic rings. The molecule has 4 nitrogen and oxygen atoms in total. The molecule has 0 saturated carbocycles. The van der Waals surface area contributed by atoms with Gasteiger partial charge in [-0.15, -0.1) is 0 Å². The highest BCUT2D eigenvalue weighted by Crippen LogP contribution is 2.31. The van der Waals surface area contributed by atoms with Gasteiger partial charge in [0.2, 0.25) is 11.8 Å². The number of nitrogens with zero attached hydrogens (tertiary/aromatic N) is 1. The number of halogens is 2. The van der Waals surface area contributed by atoms with Gasteiger partial charge in [0.15, 0.2) is 0 Å². The molecule has 212 valence electrons. The van der Waals surface area contributed by atoms with Gasteiger partial charge in [-0.2, -0.15) is 0 Å². The Morgan fingerprint density at radius 1 is 0.805 bits per heavy atom. The molecule has 0 aromatic heterocycles. The van der Waals surface area contributed by atoms with Gasteiger partial charge in [-0.3, -0.25) is 9.59 Å². The van der Waals surface area contributed by atoms with E-state index < -0.39 is 6.04 Å². The molecule has 41 heavy (non-hydrogen) atoms. The molecule has 4 aromatic carbocycles. The van der Waals surface area contributed by atoms with E-state index in [0.717, 1.165) is 35.1 Å². The second-order valence-corrected chi connectivity index (χ2v) is 11.0. The van der Waals surface area contributed by atoms with Crippen LogP contribution in [-0.4, -0.2) is 29.3 Å². The van der Waals surface area contributed by atoms with Crippen molar-refractivity contribution >= 4 is 35.0 Å². The van der Waals surface area contributed by atoms with E-state index in [1.54, 1.807) is 17.0 Å². The van der Waals surface area contributed by atoms with Gasteiger partial charge in [-0.05, 0) is 40.8 Å². The Bertz CT molecular complexity index is 1360. The van der Waals surface area contributed by atoms with Crippen LogP contribution in [0.3, 0.4) is 0 Å². The van der Waals surface area contributed by atoms with Crippen molar-refractivity contribution in [2.75, 3.05) is 6.54 Å². The van der Waals surface area contributed by atoms with E-state index in [0.29, 0.717) is 23.0 Å². The van der Waals surface area contributed by atoms with Crippen LogP contribution in [-0.2, 0) is 22.6 Å². The van der Waals surface area contributed by atoms with Crippen molar-refractivity contribution in [1.82, 2.24) is 10.2 Å². The van der Waals surface area contributed by atoms with Gasteiger partial charge >= 0.3 is 0 Å². The standard InChI is InChI=1S/C35H36Cl2N2O2/c1-2-3-21-38-35(41)33(22-26-13-7-4-8-14-26)39(25-29-19-20-30(36)23-32(29)37)34(40)24-31(27-15-9-5-10-16-27)28-17-11-6-12-18-28/h4-20,23,31,33H,2-3,21-22,24-25H2,1H3,(H,38,41)/t33-/m1/s1. The van der Waals surface area contributed by atoms with Crippen molar-refractivity contribution in [1.29, 1.82) is 0 Å². The number of hydrogen-bond donors (Lipinski definition) is 1. The smallest absolute Gasteiger partial charge is 0.243 e. The van der Waals surface area contributed by atoms with E-state index in [2.05, 4.69) is 12.2 Å². The van der Waals surface area contributed by atoms with Crippen LogP contribution in [0.25, 0.3) is 0 Å². The summed E-state index contributed by atoms with van der Waals surface area (Å²) in [6.45, 7) is 2.82. The Kier molecular flexibility index (Phi) is 11.4. The fourth-order valence-corrected chi connectivity index (χ4v) is 5.45. The van der Waals surface area contributed by atoms with E-state index in [-0.39, 0.29) is 30.7 Å². The number of hydrogen-bond acceptors (Lipinski definition) is 2. The summed E-state index contributed by atoms with van der Waals surface area (Å²) in [6.07, 6.45) is 2.41. The number of nitrogens with one attached hydrogen (secondary N) is 1. The number of benzene rings is 4. The molecule has 4 rings (SSSR count). The first-order valence-electron chi connectivity index (χ1n) is 14.1. The normalized spacial score (nSPS) is 11.7. The molecule has 6 heteroatoms. The van der Waals surface area contributed by atoms with Crippen LogP contribution >= 0.6 is 23.2 Å². The molecule has 0 fully saturated rings. The average Bonchev–Trinajstić information content (AvgIpc) is 3.00. The fraction of sp³-hybridized carbons (Fsp3) is 0.257. The molecule has 0 unspecified atom stereocenters. The monoisotopic (exact) mass is 586 g/mol. The highest BCUT2D eigenvalue weighted by Gasteiger charge is 2.32. The molecule has 4 aromatic rings. The molecule has 1 N–H and O–H groups in total. The Hall–Kier alpha value is -3.60. The summed E-state index contributed by atoms with van der Waals surface area (Å²) in [4.78, 5) is 29.9. The number of unbranched alkanes of at least 4 members (excludes halogenated alkanes) is 1. The molecule has 0 saturated heterocycles. The Morgan fingerprint density at radius 2 is 1.39 bits per heavy atom. The summed E-state index contributed by atoms with van der Waals surface area (Å²) in [5.41, 5.74) is 3.80. The Balaban J connectivity index is 1.74. The second-order valence-electron chi connectivity index (χ2n) is 10.2. The van der Waals surface area contributed by atoms with Gasteiger partial charge in [0, 0.05) is 41.9 Å². The first-order chi connectivity index (χ1) is 20.0. The third-order valence-electron chi connectivity index (χ3n) is 7.24. The van der Waals surface area contributed by atoms with Gasteiger partial charge in [0.05, 0.1) is 0 Å². The molecule has 0 heterocycles. The van der Waals surface area contributed by atoms with E-state index in [1.807, 2.05) is 97.1 Å². The predicted molar refractivity (Wildman–Crippen MR) is 168 cm³/mol. The number of carbonyl (C=O) groups excluding carboxylic acids is 2. The number of amides is 2. The minimum absolute atomic E-state index is 0.125. The largest absolute Gasteiger partial charge is 0.354 e. The summed E-state index contributed by atoms with van der Waals surface area (Å²) in [5, 5.41) is 4.06. The lowest BCUT2D eigenvalue weighted by Gasteiger charge is -2.33. The third kappa shape index (κ3) is 8.69. The highest BCUT2D eigenvalue weighted by atomic mass is 35.5. The molecule has 1 atom stereocenters. The SMILES string of the molecule is CCCCNC(=O)[C@@H](Cc1ccccc1)N(Cc1ccc(Cl)cc1Cl)C(=O)CC(c1ccccc1)c1ccccc1. The zero-order valence-electron chi connectivity index (χ0n) is 23.3. The highest BCUT2D eigenvalue weighted by molar-refractivity contribution is 6.35. The summed E-state index contributed by atoms with van der Waals surface area (Å²) in [7, 11) is 0. The second kappa shape index (κ2) is 15.4. The molecule has 0 spiro atoms. The topological polar surface area (TPSA) is 49.4 Å². The van der Waals surface area contributed by atoms with Gasteiger partial charge < -0.3 is 10.2 Å². The quantitative estimate of drug-likeness (QED) is 0.161. The van der Waals surface area contributed by atoms with Crippen LogP contribution < -0.4 is 5.32 Å². The summed E-state index contributed by atoms with van der Waals surface area (Å²) in [6, 6.07) is 34.4. The van der Waals surface area contributed by atoms with Crippen LogP contribution in [0.5, 0.6) is 0 Å². The van der Waals surface area contributed by atoms with Crippen molar-refractivity contribution in [3.05, 3.63) is 141 Å². The maximum atomic E-state index is 14.4. The molecule has 0 aliphatic carbocycles. The fourth-order valence-electron chi connectivity index (χ4n) is 4.98. The zero-order valence-corrected chi connectivity index (χ0v) is 24.8. The van der Waals surface area contributed by atoms with Crippen molar-refractivity contribution in [3.8, 4) is 0 Å². The van der Waals surface area contributed by atoms with E-state index >= 15 is 0 Å². The van der Waals surface area contributed by atoms with Crippen molar-refractivity contribution < 1.29 is 9.59 Å². The predicted octanol–water partition coefficient (Wildman–Crippen LogP) is 8.07. The maximum absolute atomic E-state index is 14.4. The van der Waals surface area contributed by atoms with Crippen molar-refractivity contribution in [2.24, 2.45) is 0 Å². The summed E-state index contributed by atoms with van der Waals surface area (Å²) >= 11 is 12.8. The first kappa shape index (κ1) is 30.4. The maximum Gasteiger partial charge on any atom is 0.243 e. The molecular weight excluding hydrogens is 551 g/mol. The lowest BCUT2D eigenvalue weighted by Crippen LogP contribution is -2.51. The molecule has 0 radical (unpaired) electrons. The van der Waals surface area contributed by atoms with E-state index in [9.17, 15) is 9.59 Å². The van der Waals surface area contributed by atoms with E-state index in [4.69, 9.17) is 23.2 Å². The minimum atomic E-state index is -0.722. The molecule has 0 aliphatic heterocycles. The third-order valence-corrected chi connectivity index (χ3v) is 7.83. The summed E-state index contributed by atoms with van der Waals surface area (Å²) in [5.74, 6) is -0.467. The van der Waals surface area contributed by atoms with Crippen LogP contribution in [0.1, 0.15) is 54.4 Å². The van der Waals surface area contributed by atoms with E-state index in [1.165, 1.54) is 0 Å². The molecular formula is C35H36Cl2N2O2. The van der Waals surface area contributed by atoms with Gasteiger partial charge in [0.1, 0.15) is 6.04 Å². The Morgan fingerprint density at radius 3 is 1.95 bits per heavy atom. The van der Waals surface area contributed by atoms with Gasteiger partial charge in [0.25, 0.3) is 0 Å². The van der Waals surface area contributed by atoms with Crippen molar-refractivity contribution in [3.63, 3.8) is 0 Å². The number of carbonyl (C=O) groups is 2. The van der Waals surface area contributed by atoms with Gasteiger partial charge in [-0.25, -0.2) is 0 Å². The van der Waals surface area contributed by atoms with Crippen LogP contribution in [0.4, 0.5) is 0 Å². The lowest BCUT2D eigenvalue weighted by atomic mass is 9.87. The molecule has 0 bridgehead atoms. The zero-order chi connectivity index (χ0) is 29.0. The number of rotatable bonds is 13. The van der Waals surface area contributed by atoms with Crippen LogP contribution in [0.2, 0.25) is 10.0 Å². The van der Waals surface area contributed by atoms with Crippen molar-refractivity contribution in [2.45, 2.75) is 51.1 Å². The van der Waals surface area contributed by atoms with Gasteiger partial charge in [-0.1, -0.05) is 134 Å². The Labute approximate surface area is 253 Å². The first-order valence-corrected chi connectivity index (χ1v) is 14.9. The van der Waals surface area contributed by atoms with Crippen LogP contribution in [0.15, 0.2) is 109 Å². The lowest BCUT2D eigenvalue weighted by molar-refractivity contribution is -0.141. The molecule has 2 amide bonds.